The van der Waals surface area contributed by atoms with Crippen LogP contribution >= 0.6 is 11.3 Å². The van der Waals surface area contributed by atoms with Crippen LogP contribution in [0.4, 0.5) is 0 Å². The normalized spacial score (nSPS) is 10.1. The monoisotopic (exact) mass is 232 g/mol. The van der Waals surface area contributed by atoms with Gasteiger partial charge in [0.1, 0.15) is 12.4 Å². The summed E-state index contributed by atoms with van der Waals surface area (Å²) in [5.74, 6) is 0.647. The number of rotatable bonds is 4. The predicted octanol–water partition coefficient (Wildman–Crippen LogP) is 3.45. The molecule has 0 saturated heterocycles. The molecule has 0 radical (unpaired) electrons. The summed E-state index contributed by atoms with van der Waals surface area (Å²) in [5.41, 5.74) is 1.67. The van der Waals surface area contributed by atoms with Crippen molar-refractivity contribution in [1.29, 1.82) is 0 Å². The third kappa shape index (κ3) is 2.49. The topological polar surface area (TPSA) is 26.3 Å². The maximum absolute atomic E-state index is 10.9. The number of aryl methyl sites for hydroxylation is 1. The van der Waals surface area contributed by atoms with Gasteiger partial charge in [-0.3, -0.25) is 4.79 Å². The lowest BCUT2D eigenvalue weighted by Crippen LogP contribution is -1.96. The molecule has 0 unspecified atom stereocenters. The molecule has 16 heavy (non-hydrogen) atoms. The molecule has 1 aromatic carbocycles. The molecule has 0 atom stereocenters. The van der Waals surface area contributed by atoms with Crippen molar-refractivity contribution in [3.63, 3.8) is 0 Å². The first-order chi connectivity index (χ1) is 7.79. The SMILES string of the molecule is Cc1ccc(OCc2cccs2)c(C=O)c1. The van der Waals surface area contributed by atoms with Gasteiger partial charge in [-0.1, -0.05) is 17.7 Å². The zero-order chi connectivity index (χ0) is 11.4. The number of ether oxygens (including phenoxy) is 1. The molecule has 2 nitrogen and oxygen atoms in total. The standard InChI is InChI=1S/C13H12O2S/c1-10-4-5-13(11(7-10)8-14)15-9-12-3-2-6-16-12/h2-8H,9H2,1H3. The van der Waals surface area contributed by atoms with Gasteiger partial charge in [-0.2, -0.15) is 0 Å². The molecule has 1 aromatic heterocycles. The molecule has 0 amide bonds. The minimum absolute atomic E-state index is 0.515. The third-order valence-corrected chi connectivity index (χ3v) is 3.09. The highest BCUT2D eigenvalue weighted by atomic mass is 32.1. The lowest BCUT2D eigenvalue weighted by atomic mass is 10.1. The van der Waals surface area contributed by atoms with Crippen molar-refractivity contribution in [2.75, 3.05) is 0 Å². The Morgan fingerprint density at radius 2 is 2.25 bits per heavy atom. The van der Waals surface area contributed by atoms with Gasteiger partial charge >= 0.3 is 0 Å². The van der Waals surface area contributed by atoms with Crippen LogP contribution in [0.15, 0.2) is 35.7 Å². The van der Waals surface area contributed by atoms with Gasteiger partial charge in [-0.15, -0.1) is 11.3 Å². The minimum Gasteiger partial charge on any atom is -0.487 e. The molecule has 0 aliphatic carbocycles. The van der Waals surface area contributed by atoms with Crippen LogP contribution in [-0.2, 0) is 6.61 Å². The highest BCUT2D eigenvalue weighted by molar-refractivity contribution is 7.09. The van der Waals surface area contributed by atoms with Gasteiger partial charge in [0.25, 0.3) is 0 Å². The quantitative estimate of drug-likeness (QED) is 0.755. The zero-order valence-electron chi connectivity index (χ0n) is 8.97. The van der Waals surface area contributed by atoms with Crippen molar-refractivity contribution in [2.45, 2.75) is 13.5 Å². The van der Waals surface area contributed by atoms with E-state index < -0.39 is 0 Å². The van der Waals surface area contributed by atoms with E-state index in [1.54, 1.807) is 11.3 Å². The summed E-state index contributed by atoms with van der Waals surface area (Å²) >= 11 is 1.65. The summed E-state index contributed by atoms with van der Waals surface area (Å²) in [6, 6.07) is 9.61. The Kier molecular flexibility index (Phi) is 3.37. The number of thiophene rings is 1. The Morgan fingerprint density at radius 1 is 1.38 bits per heavy atom. The van der Waals surface area contributed by atoms with Gasteiger partial charge in [0.2, 0.25) is 0 Å². The van der Waals surface area contributed by atoms with E-state index in [0.717, 1.165) is 16.7 Å². The Labute approximate surface area is 98.5 Å². The molecule has 0 saturated carbocycles. The largest absolute Gasteiger partial charge is 0.487 e. The molecule has 1 heterocycles. The fraction of sp³-hybridized carbons (Fsp3) is 0.154. The van der Waals surface area contributed by atoms with E-state index in [-0.39, 0.29) is 0 Å². The smallest absolute Gasteiger partial charge is 0.153 e. The molecule has 0 aliphatic heterocycles. The van der Waals surface area contributed by atoms with E-state index in [4.69, 9.17) is 4.74 Å². The van der Waals surface area contributed by atoms with Gasteiger partial charge in [-0.25, -0.2) is 0 Å². The van der Waals surface area contributed by atoms with Crippen molar-refractivity contribution in [2.24, 2.45) is 0 Å². The van der Waals surface area contributed by atoms with E-state index in [1.807, 2.05) is 42.6 Å². The first kappa shape index (κ1) is 10.9. The fourth-order valence-electron chi connectivity index (χ4n) is 1.44. The highest BCUT2D eigenvalue weighted by Gasteiger charge is 2.03. The average Bonchev–Trinajstić information content (AvgIpc) is 2.80. The van der Waals surface area contributed by atoms with Crippen LogP contribution in [0.5, 0.6) is 5.75 Å². The van der Waals surface area contributed by atoms with Gasteiger partial charge in [0, 0.05) is 4.88 Å². The maximum Gasteiger partial charge on any atom is 0.153 e. The molecule has 2 rings (SSSR count). The molecule has 0 N–H and O–H groups in total. The molecule has 3 heteroatoms. The van der Waals surface area contributed by atoms with E-state index in [1.165, 1.54) is 0 Å². The van der Waals surface area contributed by atoms with Crippen LogP contribution in [0.2, 0.25) is 0 Å². The molecule has 0 fully saturated rings. The molecule has 2 aromatic rings. The third-order valence-electron chi connectivity index (χ3n) is 2.24. The average molecular weight is 232 g/mol. The Balaban J connectivity index is 2.12. The summed E-state index contributed by atoms with van der Waals surface area (Å²) < 4.78 is 5.61. The van der Waals surface area contributed by atoms with Crippen molar-refractivity contribution in [3.8, 4) is 5.75 Å². The van der Waals surface area contributed by atoms with Gasteiger partial charge < -0.3 is 4.74 Å². The summed E-state index contributed by atoms with van der Waals surface area (Å²) in [7, 11) is 0. The van der Waals surface area contributed by atoms with Crippen molar-refractivity contribution in [3.05, 3.63) is 51.7 Å². The van der Waals surface area contributed by atoms with E-state index >= 15 is 0 Å². The highest BCUT2D eigenvalue weighted by Crippen LogP contribution is 2.20. The molecule has 0 bridgehead atoms. The Morgan fingerprint density at radius 3 is 2.94 bits per heavy atom. The first-order valence-corrected chi connectivity index (χ1v) is 5.88. The first-order valence-electron chi connectivity index (χ1n) is 5.00. The van der Waals surface area contributed by atoms with Crippen molar-refractivity contribution >= 4 is 17.6 Å². The predicted molar refractivity (Wildman–Crippen MR) is 65.2 cm³/mol. The second-order valence-electron chi connectivity index (χ2n) is 3.53. The number of aldehydes is 1. The summed E-state index contributed by atoms with van der Waals surface area (Å²) in [4.78, 5) is 12.0. The van der Waals surface area contributed by atoms with Gasteiger partial charge in [-0.05, 0) is 30.5 Å². The molecule has 82 valence electrons. The Bertz CT molecular complexity index is 475. The van der Waals surface area contributed by atoms with Crippen LogP contribution < -0.4 is 4.74 Å². The fourth-order valence-corrected chi connectivity index (χ4v) is 2.05. The molecular weight excluding hydrogens is 220 g/mol. The number of carbonyl (C=O) groups is 1. The Hall–Kier alpha value is -1.61. The minimum atomic E-state index is 0.515. The molecular formula is C13H12O2S. The van der Waals surface area contributed by atoms with Crippen LogP contribution in [-0.4, -0.2) is 6.29 Å². The summed E-state index contributed by atoms with van der Waals surface area (Å²) in [5, 5.41) is 2.01. The lowest BCUT2D eigenvalue weighted by Gasteiger charge is -2.07. The number of benzene rings is 1. The molecule has 0 spiro atoms. The maximum atomic E-state index is 10.9. The van der Waals surface area contributed by atoms with E-state index in [2.05, 4.69) is 0 Å². The van der Waals surface area contributed by atoms with E-state index in [9.17, 15) is 4.79 Å². The van der Waals surface area contributed by atoms with Crippen molar-refractivity contribution in [1.82, 2.24) is 0 Å². The number of hydrogen-bond donors (Lipinski definition) is 0. The van der Waals surface area contributed by atoms with Gasteiger partial charge in [0.05, 0.1) is 5.56 Å². The van der Waals surface area contributed by atoms with Crippen LogP contribution in [0, 0.1) is 6.92 Å². The molecule has 0 aliphatic rings. The van der Waals surface area contributed by atoms with Gasteiger partial charge in [0.15, 0.2) is 6.29 Å². The van der Waals surface area contributed by atoms with Crippen LogP contribution in [0.1, 0.15) is 20.8 Å². The number of carbonyl (C=O) groups excluding carboxylic acids is 1. The van der Waals surface area contributed by atoms with Crippen LogP contribution in [0.25, 0.3) is 0 Å². The zero-order valence-corrected chi connectivity index (χ0v) is 9.79. The number of hydrogen-bond acceptors (Lipinski definition) is 3. The lowest BCUT2D eigenvalue weighted by molar-refractivity contribution is 0.111. The summed E-state index contributed by atoms with van der Waals surface area (Å²) in [6.07, 6.45) is 0.830. The van der Waals surface area contributed by atoms with Crippen LogP contribution in [0.3, 0.4) is 0 Å². The van der Waals surface area contributed by atoms with Crippen molar-refractivity contribution < 1.29 is 9.53 Å². The second kappa shape index (κ2) is 4.94. The van der Waals surface area contributed by atoms with E-state index in [0.29, 0.717) is 17.9 Å². The summed E-state index contributed by atoms with van der Waals surface area (Å²) in [6.45, 7) is 2.47. The second-order valence-corrected chi connectivity index (χ2v) is 4.56.